The van der Waals surface area contributed by atoms with E-state index in [2.05, 4.69) is 44.8 Å². The van der Waals surface area contributed by atoms with Crippen LogP contribution in [0.5, 0.6) is 0 Å². The van der Waals surface area contributed by atoms with E-state index in [-0.39, 0.29) is 0 Å². The Morgan fingerprint density at radius 1 is 1.24 bits per heavy atom. The molecule has 0 bridgehead atoms. The topological polar surface area (TPSA) is 24.5 Å². The van der Waals surface area contributed by atoms with Crippen molar-refractivity contribution in [3.05, 3.63) is 0 Å². The Labute approximate surface area is 132 Å². The highest BCUT2D eigenvalue weighted by Crippen LogP contribution is 2.29. The molecule has 1 aliphatic rings. The molecular weight excluding hydrogens is 260 g/mol. The molecule has 1 aliphatic heterocycles. The predicted molar refractivity (Wildman–Crippen MR) is 91.8 cm³/mol. The summed E-state index contributed by atoms with van der Waals surface area (Å²) in [4.78, 5) is 2.64. The summed E-state index contributed by atoms with van der Waals surface area (Å²) in [6, 6.07) is 0. The van der Waals surface area contributed by atoms with Gasteiger partial charge in [0.05, 0.1) is 6.61 Å². The zero-order chi connectivity index (χ0) is 15.7. The molecule has 21 heavy (non-hydrogen) atoms. The number of hydrogen-bond donors (Lipinski definition) is 1. The van der Waals surface area contributed by atoms with Crippen molar-refractivity contribution in [2.24, 2.45) is 17.3 Å². The molecular formula is C18H38N2O. The number of hydrogen-bond acceptors (Lipinski definition) is 3. The van der Waals surface area contributed by atoms with Crippen LogP contribution >= 0.6 is 0 Å². The Morgan fingerprint density at radius 2 is 2.00 bits per heavy atom. The van der Waals surface area contributed by atoms with Crippen LogP contribution < -0.4 is 5.32 Å². The van der Waals surface area contributed by atoms with Crippen molar-refractivity contribution in [1.29, 1.82) is 0 Å². The second-order valence-electron chi connectivity index (χ2n) is 7.52. The van der Waals surface area contributed by atoms with Gasteiger partial charge in [0.1, 0.15) is 0 Å². The third-order valence-corrected chi connectivity index (χ3v) is 4.73. The summed E-state index contributed by atoms with van der Waals surface area (Å²) in [5, 5.41) is 3.69. The van der Waals surface area contributed by atoms with E-state index in [9.17, 15) is 0 Å². The van der Waals surface area contributed by atoms with Gasteiger partial charge in [0.25, 0.3) is 0 Å². The summed E-state index contributed by atoms with van der Waals surface area (Å²) in [6.07, 6.45) is 3.78. The zero-order valence-corrected chi connectivity index (χ0v) is 15.1. The average Bonchev–Trinajstić information content (AvgIpc) is 2.47. The van der Waals surface area contributed by atoms with E-state index < -0.39 is 0 Å². The highest BCUT2D eigenvalue weighted by molar-refractivity contribution is 4.87. The number of nitrogens with one attached hydrogen (secondary N) is 1. The molecule has 0 aromatic rings. The van der Waals surface area contributed by atoms with Gasteiger partial charge in [-0.25, -0.2) is 0 Å². The molecule has 0 aliphatic carbocycles. The van der Waals surface area contributed by atoms with Gasteiger partial charge < -0.3 is 15.0 Å². The van der Waals surface area contributed by atoms with Gasteiger partial charge in [-0.3, -0.25) is 0 Å². The predicted octanol–water partition coefficient (Wildman–Crippen LogP) is 3.40. The molecule has 126 valence electrons. The molecule has 1 saturated heterocycles. The maximum absolute atomic E-state index is 5.85. The lowest BCUT2D eigenvalue weighted by Gasteiger charge is -2.41. The summed E-state index contributed by atoms with van der Waals surface area (Å²) in [5.74, 6) is 1.50. The first-order chi connectivity index (χ1) is 10.0. The number of nitrogens with zero attached hydrogens (tertiary/aromatic N) is 1. The largest absolute Gasteiger partial charge is 0.381 e. The number of ether oxygens (including phenoxy) is 1. The van der Waals surface area contributed by atoms with Gasteiger partial charge in [-0.2, -0.15) is 0 Å². The van der Waals surface area contributed by atoms with Crippen LogP contribution in [0.2, 0.25) is 0 Å². The molecule has 1 N–H and O–H groups in total. The maximum Gasteiger partial charge on any atom is 0.0546 e. The molecule has 0 radical (unpaired) electrons. The standard InChI is InChI=1S/C18H38N2O/c1-6-17(5)12-20(7-2)14-18(9-8-10-21-15-18)13-19-11-16(3)4/h16-17,19H,6-15H2,1-5H3. The lowest BCUT2D eigenvalue weighted by Crippen LogP contribution is -2.50. The summed E-state index contributed by atoms with van der Waals surface area (Å²) in [6.45, 7) is 19.1. The van der Waals surface area contributed by atoms with E-state index in [1.165, 1.54) is 32.4 Å². The van der Waals surface area contributed by atoms with E-state index in [1.54, 1.807) is 0 Å². The summed E-state index contributed by atoms with van der Waals surface area (Å²) < 4.78 is 5.85. The van der Waals surface area contributed by atoms with Crippen molar-refractivity contribution in [3.63, 3.8) is 0 Å². The highest BCUT2D eigenvalue weighted by Gasteiger charge is 2.34. The van der Waals surface area contributed by atoms with Gasteiger partial charge in [0.2, 0.25) is 0 Å². The minimum Gasteiger partial charge on any atom is -0.381 e. The quantitative estimate of drug-likeness (QED) is 0.669. The van der Waals surface area contributed by atoms with Crippen LogP contribution in [0.25, 0.3) is 0 Å². The van der Waals surface area contributed by atoms with E-state index >= 15 is 0 Å². The van der Waals surface area contributed by atoms with E-state index in [0.29, 0.717) is 11.3 Å². The molecule has 1 rings (SSSR count). The first kappa shape index (κ1) is 18.9. The maximum atomic E-state index is 5.85. The molecule has 3 heteroatoms. The number of rotatable bonds is 10. The summed E-state index contributed by atoms with van der Waals surface area (Å²) in [5.41, 5.74) is 0.316. The van der Waals surface area contributed by atoms with Crippen LogP contribution in [0.15, 0.2) is 0 Å². The molecule has 0 saturated carbocycles. The Kier molecular flexibility index (Phi) is 8.84. The van der Waals surface area contributed by atoms with Gasteiger partial charge in [-0.05, 0) is 37.8 Å². The molecule has 1 fully saturated rings. The van der Waals surface area contributed by atoms with Gasteiger partial charge in [0.15, 0.2) is 0 Å². The Hall–Kier alpha value is -0.120. The van der Waals surface area contributed by atoms with Crippen LogP contribution in [0.3, 0.4) is 0 Å². The molecule has 0 aromatic carbocycles. The van der Waals surface area contributed by atoms with Gasteiger partial charge in [-0.1, -0.05) is 41.0 Å². The van der Waals surface area contributed by atoms with Crippen molar-refractivity contribution in [3.8, 4) is 0 Å². The molecule has 0 spiro atoms. The molecule has 2 unspecified atom stereocenters. The smallest absolute Gasteiger partial charge is 0.0546 e. The lowest BCUT2D eigenvalue weighted by atomic mass is 9.81. The fourth-order valence-corrected chi connectivity index (χ4v) is 3.21. The monoisotopic (exact) mass is 298 g/mol. The SMILES string of the molecule is CCC(C)CN(CC)CC1(CNCC(C)C)CCCOC1. The summed E-state index contributed by atoms with van der Waals surface area (Å²) in [7, 11) is 0. The minimum absolute atomic E-state index is 0.316. The zero-order valence-electron chi connectivity index (χ0n) is 15.1. The van der Waals surface area contributed by atoms with E-state index in [4.69, 9.17) is 4.74 Å². The van der Waals surface area contributed by atoms with Crippen LogP contribution in [-0.2, 0) is 4.74 Å². The second kappa shape index (κ2) is 9.81. The normalized spacial score (nSPS) is 24.7. The molecule has 0 aromatic heterocycles. The van der Waals surface area contributed by atoms with Crippen LogP contribution in [0, 0.1) is 17.3 Å². The van der Waals surface area contributed by atoms with Gasteiger partial charge in [0, 0.05) is 31.7 Å². The van der Waals surface area contributed by atoms with Crippen molar-refractivity contribution in [2.75, 3.05) is 45.9 Å². The van der Waals surface area contributed by atoms with Crippen LogP contribution in [-0.4, -0.2) is 50.8 Å². The third kappa shape index (κ3) is 7.12. The van der Waals surface area contributed by atoms with Crippen molar-refractivity contribution in [2.45, 2.75) is 53.9 Å². The van der Waals surface area contributed by atoms with Gasteiger partial charge >= 0.3 is 0 Å². The molecule has 2 atom stereocenters. The first-order valence-corrected chi connectivity index (χ1v) is 9.02. The van der Waals surface area contributed by atoms with E-state index in [0.717, 1.165) is 38.8 Å². The first-order valence-electron chi connectivity index (χ1n) is 9.02. The Balaban J connectivity index is 2.58. The molecule has 3 nitrogen and oxygen atoms in total. The lowest BCUT2D eigenvalue weighted by molar-refractivity contribution is -0.0274. The summed E-state index contributed by atoms with van der Waals surface area (Å²) >= 11 is 0. The van der Waals surface area contributed by atoms with Crippen molar-refractivity contribution < 1.29 is 4.74 Å². The fraction of sp³-hybridized carbons (Fsp3) is 1.00. The molecule has 1 heterocycles. The van der Waals surface area contributed by atoms with Crippen LogP contribution in [0.1, 0.15) is 53.9 Å². The van der Waals surface area contributed by atoms with Gasteiger partial charge in [-0.15, -0.1) is 0 Å². The molecule has 0 amide bonds. The highest BCUT2D eigenvalue weighted by atomic mass is 16.5. The Bertz CT molecular complexity index is 262. The minimum atomic E-state index is 0.316. The van der Waals surface area contributed by atoms with Crippen LogP contribution in [0.4, 0.5) is 0 Å². The van der Waals surface area contributed by atoms with Crippen molar-refractivity contribution in [1.82, 2.24) is 10.2 Å². The fourth-order valence-electron chi connectivity index (χ4n) is 3.21. The van der Waals surface area contributed by atoms with E-state index in [1.807, 2.05) is 0 Å². The van der Waals surface area contributed by atoms with Crippen molar-refractivity contribution >= 4 is 0 Å². The Morgan fingerprint density at radius 3 is 2.52 bits per heavy atom. The second-order valence-corrected chi connectivity index (χ2v) is 7.52. The average molecular weight is 299 g/mol. The third-order valence-electron chi connectivity index (χ3n) is 4.73.